The second-order valence-electron chi connectivity index (χ2n) is 6.70. The number of hydrogen-bond donors (Lipinski definition) is 2. The van der Waals surface area contributed by atoms with Crippen LogP contribution in [-0.2, 0) is 0 Å². The zero-order chi connectivity index (χ0) is 19.8. The van der Waals surface area contributed by atoms with Crippen LogP contribution in [0.2, 0.25) is 0 Å². The zero-order valence-corrected chi connectivity index (χ0v) is 17.8. The van der Waals surface area contributed by atoms with E-state index in [0.29, 0.717) is 5.82 Å². The number of terminal acetylenes is 1. The van der Waals surface area contributed by atoms with Crippen LogP contribution in [0, 0.1) is 12.3 Å². The van der Waals surface area contributed by atoms with Crippen LogP contribution in [0.1, 0.15) is 19.8 Å². The maximum absolute atomic E-state index is 5.64. The Morgan fingerprint density at radius 1 is 1.07 bits per heavy atom. The van der Waals surface area contributed by atoms with Crippen molar-refractivity contribution < 1.29 is 0 Å². The van der Waals surface area contributed by atoms with Crippen molar-refractivity contribution in [1.82, 2.24) is 14.0 Å². The average molecular weight is 414 g/mol. The smallest absolute Gasteiger partial charge is 0.123 e. The lowest BCUT2D eigenvalue weighted by atomic mass is 10.2. The Labute approximate surface area is 176 Å². The molecule has 1 aliphatic heterocycles. The average Bonchev–Trinajstić information content (AvgIpc) is 3.54. The highest BCUT2D eigenvalue weighted by molar-refractivity contribution is 7.97. The predicted molar refractivity (Wildman–Crippen MR) is 121 cm³/mol. The molecule has 3 N–H and O–H groups in total. The number of hydrogen-bond acceptors (Lipinski definition) is 7. The third kappa shape index (κ3) is 6.64. The summed E-state index contributed by atoms with van der Waals surface area (Å²) in [5, 5.41) is 0. The molecule has 1 saturated carbocycles. The van der Waals surface area contributed by atoms with Crippen LogP contribution in [0.25, 0.3) is 0 Å². The molecule has 5 nitrogen and oxygen atoms in total. The molecule has 0 atom stereocenters. The third-order valence-electron chi connectivity index (χ3n) is 4.36. The Bertz CT molecular complexity index is 761. The van der Waals surface area contributed by atoms with Crippen molar-refractivity contribution in [2.24, 2.45) is 0 Å². The van der Waals surface area contributed by atoms with Crippen LogP contribution in [0.3, 0.4) is 0 Å². The monoisotopic (exact) mass is 413 g/mol. The molecule has 1 aromatic heterocycles. The molecule has 2 aliphatic rings. The van der Waals surface area contributed by atoms with E-state index in [1.54, 1.807) is 30.8 Å². The molecule has 0 spiro atoms. The van der Waals surface area contributed by atoms with Gasteiger partial charge in [-0.1, -0.05) is 0 Å². The summed E-state index contributed by atoms with van der Waals surface area (Å²) in [6.45, 7) is 5.81. The Morgan fingerprint density at radius 3 is 2.29 bits per heavy atom. The van der Waals surface area contributed by atoms with Gasteiger partial charge in [0.15, 0.2) is 0 Å². The molecule has 0 amide bonds. The van der Waals surface area contributed by atoms with Gasteiger partial charge in [-0.15, -0.1) is 12.3 Å². The zero-order valence-electron chi connectivity index (χ0n) is 16.2. The van der Waals surface area contributed by atoms with Crippen molar-refractivity contribution in [2.45, 2.75) is 35.6 Å². The number of nitrogens with one attached hydrogen (secondary N) is 1. The minimum absolute atomic E-state index is 0.572. The lowest BCUT2D eigenvalue weighted by Crippen LogP contribution is -2.43. The summed E-state index contributed by atoms with van der Waals surface area (Å²) < 4.78 is 5.88. The molecule has 148 valence electrons. The van der Waals surface area contributed by atoms with Crippen molar-refractivity contribution in [3.8, 4) is 12.3 Å². The molecule has 7 heteroatoms. The summed E-state index contributed by atoms with van der Waals surface area (Å²) in [5.41, 5.74) is 6.96. The normalized spacial score (nSPS) is 16.8. The van der Waals surface area contributed by atoms with Crippen molar-refractivity contribution in [3.63, 3.8) is 0 Å². The van der Waals surface area contributed by atoms with Gasteiger partial charge in [0, 0.05) is 53.9 Å². The van der Waals surface area contributed by atoms with Gasteiger partial charge in [-0.25, -0.2) is 9.29 Å². The van der Waals surface area contributed by atoms with Crippen LogP contribution in [0.5, 0.6) is 0 Å². The summed E-state index contributed by atoms with van der Waals surface area (Å²) in [5.74, 6) is 2.82. The highest BCUT2D eigenvalue weighted by Crippen LogP contribution is 2.28. The van der Waals surface area contributed by atoms with Gasteiger partial charge < -0.3 is 10.6 Å². The van der Waals surface area contributed by atoms with Gasteiger partial charge in [0.05, 0.1) is 0 Å². The fourth-order valence-electron chi connectivity index (χ4n) is 2.71. The molecule has 1 aromatic carbocycles. The van der Waals surface area contributed by atoms with E-state index in [1.165, 1.54) is 23.4 Å². The number of piperazine rings is 1. The minimum Gasteiger partial charge on any atom is -0.384 e. The number of aromatic nitrogens is 1. The molecule has 0 bridgehead atoms. The molecule has 2 heterocycles. The maximum Gasteiger partial charge on any atom is 0.123 e. The quantitative estimate of drug-likeness (QED) is 0.550. The lowest BCUT2D eigenvalue weighted by Gasteiger charge is -2.35. The van der Waals surface area contributed by atoms with Crippen molar-refractivity contribution in [2.75, 3.05) is 36.8 Å². The van der Waals surface area contributed by atoms with Crippen LogP contribution in [0.15, 0.2) is 52.4 Å². The second-order valence-corrected chi connectivity index (χ2v) is 8.78. The van der Waals surface area contributed by atoms with Crippen molar-refractivity contribution >= 4 is 35.4 Å². The molecular formula is C21H27N5S2. The van der Waals surface area contributed by atoms with Crippen LogP contribution in [0.4, 0.5) is 11.5 Å². The Hall–Kier alpha value is -1.85. The molecule has 28 heavy (non-hydrogen) atoms. The number of benzene rings is 1. The SMILES string of the molecule is C#CC.Nc1ccc(SN2CCN(c3ccc(SNC4CC4)cc3)CC2)cn1. The standard InChI is InChI=1S/C18H23N5S2.C3H4/c19-18-8-7-17(13-20-18)25-23-11-9-22(10-12-23)15-3-5-16(6-4-15)24-21-14-1-2-14;1-3-2/h3-8,13-14,21H,1-2,9-12H2,(H2,19,20);1H,2H3. The topological polar surface area (TPSA) is 57.4 Å². The van der Waals surface area contributed by atoms with Gasteiger partial charge in [-0.2, -0.15) is 0 Å². The number of nitrogen functional groups attached to an aromatic ring is 1. The lowest BCUT2D eigenvalue weighted by molar-refractivity contribution is 0.429. The van der Waals surface area contributed by atoms with E-state index in [0.717, 1.165) is 37.1 Å². The van der Waals surface area contributed by atoms with Crippen LogP contribution in [-0.4, -0.2) is 41.5 Å². The summed E-state index contributed by atoms with van der Waals surface area (Å²) >= 11 is 3.52. The van der Waals surface area contributed by atoms with Gasteiger partial charge in [-0.3, -0.25) is 4.72 Å². The summed E-state index contributed by atoms with van der Waals surface area (Å²) in [4.78, 5) is 9.06. The molecule has 1 saturated heterocycles. The Morgan fingerprint density at radius 2 is 1.71 bits per heavy atom. The number of rotatable bonds is 6. The first-order chi connectivity index (χ1) is 13.7. The van der Waals surface area contributed by atoms with Crippen LogP contribution < -0.4 is 15.4 Å². The molecule has 0 unspecified atom stereocenters. The van der Waals surface area contributed by atoms with E-state index in [1.807, 2.05) is 18.3 Å². The first-order valence-electron chi connectivity index (χ1n) is 9.47. The van der Waals surface area contributed by atoms with Gasteiger partial charge in [0.2, 0.25) is 0 Å². The third-order valence-corrected chi connectivity index (χ3v) is 6.39. The van der Waals surface area contributed by atoms with E-state index >= 15 is 0 Å². The second kappa shape index (κ2) is 10.6. The van der Waals surface area contributed by atoms with E-state index < -0.39 is 0 Å². The minimum atomic E-state index is 0.572. The highest BCUT2D eigenvalue weighted by Gasteiger charge is 2.21. The molecule has 4 rings (SSSR count). The van der Waals surface area contributed by atoms with Gasteiger partial charge >= 0.3 is 0 Å². The van der Waals surface area contributed by atoms with Gasteiger partial charge in [0.1, 0.15) is 5.82 Å². The number of pyridine rings is 1. The largest absolute Gasteiger partial charge is 0.384 e. The van der Waals surface area contributed by atoms with Crippen LogP contribution >= 0.6 is 23.9 Å². The number of nitrogens with zero attached hydrogens (tertiary/aromatic N) is 3. The first-order valence-corrected chi connectivity index (χ1v) is 11.1. The van der Waals surface area contributed by atoms with Crippen molar-refractivity contribution in [1.29, 1.82) is 0 Å². The summed E-state index contributed by atoms with van der Waals surface area (Å²) in [6.07, 6.45) is 9.08. The summed E-state index contributed by atoms with van der Waals surface area (Å²) in [7, 11) is 0. The number of anilines is 2. The molecule has 1 aliphatic carbocycles. The van der Waals surface area contributed by atoms with Gasteiger partial charge in [0.25, 0.3) is 0 Å². The van der Waals surface area contributed by atoms with Crippen molar-refractivity contribution in [3.05, 3.63) is 42.6 Å². The highest BCUT2D eigenvalue weighted by atomic mass is 32.2. The maximum atomic E-state index is 5.64. The first kappa shape index (κ1) is 20.9. The fraction of sp³-hybridized carbons (Fsp3) is 0.381. The Kier molecular flexibility index (Phi) is 7.92. The molecule has 2 aromatic rings. The Balaban J connectivity index is 0.000000706. The summed E-state index contributed by atoms with van der Waals surface area (Å²) in [6, 6.07) is 13.5. The van der Waals surface area contributed by atoms with E-state index in [9.17, 15) is 0 Å². The molecule has 0 radical (unpaired) electrons. The van der Waals surface area contributed by atoms with E-state index in [-0.39, 0.29) is 0 Å². The predicted octanol–water partition coefficient (Wildman–Crippen LogP) is 3.89. The molecule has 2 fully saturated rings. The molecular weight excluding hydrogens is 386 g/mol. The number of nitrogens with two attached hydrogens (primary N) is 1. The fourth-order valence-corrected chi connectivity index (χ4v) is 4.39. The van der Waals surface area contributed by atoms with E-state index in [2.05, 4.69) is 55.5 Å². The van der Waals surface area contributed by atoms with Gasteiger partial charge in [-0.05, 0) is 80.1 Å². The van der Waals surface area contributed by atoms with E-state index in [4.69, 9.17) is 5.73 Å².